The molecule has 2 N–H and O–H groups in total. The van der Waals surface area contributed by atoms with Gasteiger partial charge in [-0.2, -0.15) is 24.5 Å². The number of likely N-dealkylation sites (tertiary alicyclic amines) is 1. The van der Waals surface area contributed by atoms with Crippen LogP contribution in [0.4, 0.5) is 13.2 Å². The molecule has 0 radical (unpaired) electrons. The van der Waals surface area contributed by atoms with Crippen LogP contribution >= 0.6 is 11.3 Å². The van der Waals surface area contributed by atoms with Gasteiger partial charge < -0.3 is 19.6 Å². The van der Waals surface area contributed by atoms with Crippen LogP contribution in [-0.4, -0.2) is 54.4 Å². The summed E-state index contributed by atoms with van der Waals surface area (Å²) >= 11 is 1.73. The number of fused-ring (bicyclic) bond motifs is 1. The number of nitrogens with one attached hydrogen (secondary N) is 1. The lowest BCUT2D eigenvalue weighted by Crippen LogP contribution is -2.44. The second-order valence-electron chi connectivity index (χ2n) is 7.49. The van der Waals surface area contributed by atoms with Crippen LogP contribution in [0.15, 0.2) is 39.6 Å². The Labute approximate surface area is 180 Å². The van der Waals surface area contributed by atoms with E-state index in [0.29, 0.717) is 25.0 Å². The van der Waals surface area contributed by atoms with E-state index in [4.69, 9.17) is 19.1 Å². The van der Waals surface area contributed by atoms with Gasteiger partial charge in [0.1, 0.15) is 5.76 Å². The summed E-state index contributed by atoms with van der Waals surface area (Å²) in [5, 5.41) is 14.4. The monoisotopic (exact) mass is 460 g/mol. The maximum Gasteiger partial charge on any atom is 0.490 e. The van der Waals surface area contributed by atoms with Gasteiger partial charge in [0.2, 0.25) is 5.91 Å². The first-order valence-corrected chi connectivity index (χ1v) is 10.6. The number of rotatable bonds is 5. The maximum atomic E-state index is 12.6. The van der Waals surface area contributed by atoms with Gasteiger partial charge in [0, 0.05) is 19.6 Å². The molecular formula is C20H23F3N2O5S. The smallest absolute Gasteiger partial charge is 0.475 e. The Morgan fingerprint density at radius 3 is 2.65 bits per heavy atom. The lowest BCUT2D eigenvalue weighted by molar-refractivity contribution is -0.192. The van der Waals surface area contributed by atoms with Crippen molar-refractivity contribution in [2.45, 2.75) is 19.3 Å². The standard InChI is InChI=1S/C18H22N2O3S.C2HF3O2/c21-18(19-6-15-2-1-4-23-15)17-11-22-10-14-8-20(9-16(14)17)7-13-3-5-24-12-13;3-2(4,5)1(6)7/h1-5,12,14,16-17H,6-11H2,(H,19,21);(H,6,7)/t14-,16-,17-;/m1./s1. The number of thiophene rings is 1. The van der Waals surface area contributed by atoms with E-state index in [1.54, 1.807) is 17.6 Å². The highest BCUT2D eigenvalue weighted by Crippen LogP contribution is 2.35. The van der Waals surface area contributed by atoms with Gasteiger partial charge in [-0.1, -0.05) is 0 Å². The molecule has 11 heteroatoms. The van der Waals surface area contributed by atoms with Crippen molar-refractivity contribution in [3.8, 4) is 0 Å². The summed E-state index contributed by atoms with van der Waals surface area (Å²) in [5.74, 6) is -1.12. The molecule has 2 aliphatic heterocycles. The Balaban J connectivity index is 0.000000339. The summed E-state index contributed by atoms with van der Waals surface area (Å²) in [7, 11) is 0. The molecule has 2 fully saturated rings. The predicted molar refractivity (Wildman–Crippen MR) is 105 cm³/mol. The van der Waals surface area contributed by atoms with Gasteiger partial charge in [-0.3, -0.25) is 9.69 Å². The number of amides is 1. The first-order valence-electron chi connectivity index (χ1n) is 9.65. The van der Waals surface area contributed by atoms with Crippen LogP contribution < -0.4 is 5.32 Å². The first kappa shape index (κ1) is 23.3. The van der Waals surface area contributed by atoms with Crippen LogP contribution in [0.5, 0.6) is 0 Å². The maximum absolute atomic E-state index is 12.6. The van der Waals surface area contributed by atoms with Crippen molar-refractivity contribution < 1.29 is 37.0 Å². The molecule has 2 aliphatic rings. The van der Waals surface area contributed by atoms with Gasteiger partial charge in [0.25, 0.3) is 0 Å². The second kappa shape index (κ2) is 10.3. The summed E-state index contributed by atoms with van der Waals surface area (Å²) in [4.78, 5) is 24.0. The third-order valence-electron chi connectivity index (χ3n) is 5.30. The van der Waals surface area contributed by atoms with E-state index >= 15 is 0 Å². The molecule has 31 heavy (non-hydrogen) atoms. The highest BCUT2D eigenvalue weighted by molar-refractivity contribution is 7.07. The van der Waals surface area contributed by atoms with Crippen molar-refractivity contribution in [3.05, 3.63) is 46.5 Å². The number of ether oxygens (including phenoxy) is 1. The highest BCUT2D eigenvalue weighted by atomic mass is 32.1. The molecule has 0 aromatic carbocycles. The van der Waals surface area contributed by atoms with Crippen LogP contribution in [0.3, 0.4) is 0 Å². The Bertz CT molecular complexity index is 842. The average Bonchev–Trinajstić information content (AvgIpc) is 3.47. The van der Waals surface area contributed by atoms with E-state index in [-0.39, 0.29) is 11.8 Å². The number of carbonyl (C=O) groups excluding carboxylic acids is 1. The van der Waals surface area contributed by atoms with Crippen molar-refractivity contribution in [2.24, 2.45) is 17.8 Å². The molecule has 0 bridgehead atoms. The van der Waals surface area contributed by atoms with Crippen molar-refractivity contribution in [1.82, 2.24) is 10.2 Å². The number of aliphatic carboxylic acids is 1. The second-order valence-corrected chi connectivity index (χ2v) is 8.27. The Kier molecular flexibility index (Phi) is 7.74. The van der Waals surface area contributed by atoms with Gasteiger partial charge in [0.15, 0.2) is 0 Å². The van der Waals surface area contributed by atoms with Crippen LogP contribution in [0.25, 0.3) is 0 Å². The van der Waals surface area contributed by atoms with E-state index in [9.17, 15) is 18.0 Å². The summed E-state index contributed by atoms with van der Waals surface area (Å²) in [5.41, 5.74) is 1.36. The zero-order valence-electron chi connectivity index (χ0n) is 16.5. The molecule has 0 aliphatic carbocycles. The molecule has 0 spiro atoms. The quantitative estimate of drug-likeness (QED) is 0.713. The molecule has 1 amide bonds. The van der Waals surface area contributed by atoms with Crippen molar-refractivity contribution in [2.75, 3.05) is 26.3 Å². The lowest BCUT2D eigenvalue weighted by atomic mass is 9.82. The number of carboxylic acid groups (broad SMARTS) is 1. The summed E-state index contributed by atoms with van der Waals surface area (Å²) in [6, 6.07) is 5.88. The number of furan rings is 1. The number of hydrogen-bond acceptors (Lipinski definition) is 6. The molecule has 4 rings (SSSR count). The van der Waals surface area contributed by atoms with Crippen LogP contribution in [0, 0.1) is 17.8 Å². The van der Waals surface area contributed by atoms with Gasteiger partial charge in [-0.25, -0.2) is 4.79 Å². The van der Waals surface area contributed by atoms with Gasteiger partial charge in [-0.15, -0.1) is 0 Å². The molecule has 3 atom stereocenters. The minimum atomic E-state index is -5.08. The van der Waals surface area contributed by atoms with E-state index < -0.39 is 12.1 Å². The Hall–Kier alpha value is -2.37. The van der Waals surface area contributed by atoms with Gasteiger partial charge >= 0.3 is 12.1 Å². The third-order valence-corrected chi connectivity index (χ3v) is 6.03. The third kappa shape index (κ3) is 6.55. The van der Waals surface area contributed by atoms with Crippen molar-refractivity contribution in [3.63, 3.8) is 0 Å². The van der Waals surface area contributed by atoms with E-state index in [1.165, 1.54) is 5.56 Å². The predicted octanol–water partition coefficient (Wildman–Crippen LogP) is 2.99. The number of carbonyl (C=O) groups is 2. The zero-order valence-corrected chi connectivity index (χ0v) is 17.3. The number of hydrogen-bond donors (Lipinski definition) is 2. The van der Waals surface area contributed by atoms with Gasteiger partial charge in [0.05, 0.1) is 31.9 Å². The number of alkyl halides is 3. The van der Waals surface area contributed by atoms with Crippen LogP contribution in [-0.2, 0) is 27.4 Å². The summed E-state index contributed by atoms with van der Waals surface area (Å²) in [6.45, 7) is 4.70. The molecule has 2 aromatic heterocycles. The zero-order chi connectivity index (χ0) is 22.4. The Morgan fingerprint density at radius 1 is 1.26 bits per heavy atom. The van der Waals surface area contributed by atoms with E-state index in [1.807, 2.05) is 12.1 Å². The SMILES string of the molecule is O=C(NCc1ccco1)[C@@H]1COC[C@H]2CN(Cc3ccsc3)C[C@H]21.O=C(O)C(F)(F)F. The van der Waals surface area contributed by atoms with Gasteiger partial charge in [-0.05, 0) is 46.4 Å². The molecular weight excluding hydrogens is 437 g/mol. The van der Waals surface area contributed by atoms with Crippen LogP contribution in [0.2, 0.25) is 0 Å². The van der Waals surface area contributed by atoms with Crippen molar-refractivity contribution in [1.29, 1.82) is 0 Å². The number of carboxylic acids is 1. The normalized spacial score (nSPS) is 23.5. The molecule has 2 saturated heterocycles. The molecule has 4 heterocycles. The average molecular weight is 460 g/mol. The fourth-order valence-electron chi connectivity index (χ4n) is 3.85. The first-order chi connectivity index (χ1) is 14.7. The lowest BCUT2D eigenvalue weighted by Gasteiger charge is -2.31. The summed E-state index contributed by atoms with van der Waals surface area (Å²) < 4.78 is 42.7. The Morgan fingerprint density at radius 2 is 2.03 bits per heavy atom. The number of halogens is 3. The fraction of sp³-hybridized carbons (Fsp3) is 0.500. The van der Waals surface area contributed by atoms with Crippen LogP contribution in [0.1, 0.15) is 11.3 Å². The molecule has 7 nitrogen and oxygen atoms in total. The minimum Gasteiger partial charge on any atom is -0.475 e. The van der Waals surface area contributed by atoms with Crippen molar-refractivity contribution >= 4 is 23.2 Å². The van der Waals surface area contributed by atoms with E-state index in [0.717, 1.165) is 32.0 Å². The number of nitrogens with zero attached hydrogens (tertiary/aromatic N) is 1. The molecule has 170 valence electrons. The highest BCUT2D eigenvalue weighted by Gasteiger charge is 2.43. The molecule has 0 saturated carbocycles. The largest absolute Gasteiger partial charge is 0.490 e. The van der Waals surface area contributed by atoms with E-state index in [2.05, 4.69) is 27.0 Å². The summed E-state index contributed by atoms with van der Waals surface area (Å²) in [6.07, 6.45) is -3.46. The minimum absolute atomic E-state index is 0.0637. The topological polar surface area (TPSA) is 92.0 Å². The molecule has 0 unspecified atom stereocenters. The fourth-order valence-corrected chi connectivity index (χ4v) is 4.51. The molecule has 2 aromatic rings.